The summed E-state index contributed by atoms with van der Waals surface area (Å²) in [6, 6.07) is 1.34. The number of rotatable bonds is 7. The Kier molecular flexibility index (Phi) is 6.38. The van der Waals surface area contributed by atoms with Crippen molar-refractivity contribution in [1.29, 1.82) is 0 Å². The zero-order valence-electron chi connectivity index (χ0n) is 12.5. The van der Waals surface area contributed by atoms with Crippen LogP contribution in [0.25, 0.3) is 0 Å². The van der Waals surface area contributed by atoms with E-state index in [9.17, 15) is 9.18 Å². The Morgan fingerprint density at radius 3 is 2.65 bits per heavy atom. The summed E-state index contributed by atoms with van der Waals surface area (Å²) in [6.07, 6.45) is 1.42. The molecule has 0 bridgehead atoms. The maximum absolute atomic E-state index is 14.0. The maximum atomic E-state index is 14.0. The van der Waals surface area contributed by atoms with Crippen LogP contribution < -0.4 is 10.6 Å². The number of halogens is 1. The molecule has 1 rings (SSSR count). The predicted octanol–water partition coefficient (Wildman–Crippen LogP) is 1.72. The van der Waals surface area contributed by atoms with E-state index in [4.69, 9.17) is 0 Å². The summed E-state index contributed by atoms with van der Waals surface area (Å²) >= 11 is 0. The Morgan fingerprint density at radius 1 is 1.45 bits per heavy atom. The van der Waals surface area contributed by atoms with Crippen LogP contribution in [-0.2, 0) is 0 Å². The zero-order chi connectivity index (χ0) is 15.1. The van der Waals surface area contributed by atoms with E-state index in [2.05, 4.69) is 34.4 Å². The Balaban J connectivity index is 2.71. The van der Waals surface area contributed by atoms with Gasteiger partial charge in [0.1, 0.15) is 0 Å². The van der Waals surface area contributed by atoms with Gasteiger partial charge in [-0.05, 0) is 26.1 Å². The average molecular weight is 282 g/mol. The molecular weight excluding hydrogens is 259 g/mol. The van der Waals surface area contributed by atoms with Gasteiger partial charge in [0.2, 0.25) is 0 Å². The second-order valence-corrected chi connectivity index (χ2v) is 4.63. The number of likely N-dealkylation sites (N-methyl/N-ethyl adjacent to an activating group) is 1. The van der Waals surface area contributed by atoms with Gasteiger partial charge in [-0.1, -0.05) is 13.8 Å². The molecule has 1 aromatic heterocycles. The van der Waals surface area contributed by atoms with Gasteiger partial charge in [-0.15, -0.1) is 0 Å². The normalized spacial score (nSPS) is 12.3. The van der Waals surface area contributed by atoms with Crippen LogP contribution in [0, 0.1) is 5.82 Å². The van der Waals surface area contributed by atoms with Gasteiger partial charge in [0, 0.05) is 25.8 Å². The highest BCUT2D eigenvalue weighted by Gasteiger charge is 2.17. The standard InChI is InChI=1S/C14H23FN4O/c1-5-19(6-2)9-10(3)18-14(20)11-7-8-17-13(16-4)12(11)15/h7-8,10H,5-6,9H2,1-4H3,(H,16,17)(H,18,20). The lowest BCUT2D eigenvalue weighted by Gasteiger charge is -2.23. The Morgan fingerprint density at radius 2 is 2.10 bits per heavy atom. The molecule has 1 heterocycles. The highest BCUT2D eigenvalue weighted by molar-refractivity contribution is 5.95. The summed E-state index contributed by atoms with van der Waals surface area (Å²) in [5, 5.41) is 5.43. The number of nitrogens with zero attached hydrogens (tertiary/aromatic N) is 2. The molecule has 1 aromatic rings. The van der Waals surface area contributed by atoms with Gasteiger partial charge in [-0.25, -0.2) is 9.37 Å². The van der Waals surface area contributed by atoms with Crippen LogP contribution in [0.3, 0.4) is 0 Å². The fourth-order valence-corrected chi connectivity index (χ4v) is 2.01. The minimum Gasteiger partial charge on any atom is -0.371 e. The van der Waals surface area contributed by atoms with E-state index < -0.39 is 11.7 Å². The van der Waals surface area contributed by atoms with Crippen molar-refractivity contribution in [3.05, 3.63) is 23.6 Å². The van der Waals surface area contributed by atoms with E-state index in [1.165, 1.54) is 12.3 Å². The highest BCUT2D eigenvalue weighted by atomic mass is 19.1. The van der Waals surface area contributed by atoms with Gasteiger partial charge >= 0.3 is 0 Å². The molecule has 5 nitrogen and oxygen atoms in total. The monoisotopic (exact) mass is 282 g/mol. The number of carbonyl (C=O) groups excluding carboxylic acids is 1. The summed E-state index contributed by atoms with van der Waals surface area (Å²) in [6.45, 7) is 8.63. The third-order valence-corrected chi connectivity index (χ3v) is 3.17. The number of anilines is 1. The van der Waals surface area contributed by atoms with Crippen LogP contribution in [0.4, 0.5) is 10.2 Å². The Hall–Kier alpha value is -1.69. The average Bonchev–Trinajstić information content (AvgIpc) is 2.44. The summed E-state index contributed by atoms with van der Waals surface area (Å²) in [4.78, 5) is 18.1. The van der Waals surface area contributed by atoms with E-state index in [-0.39, 0.29) is 17.4 Å². The first-order valence-corrected chi connectivity index (χ1v) is 6.88. The van der Waals surface area contributed by atoms with Gasteiger partial charge in [0.05, 0.1) is 5.56 Å². The van der Waals surface area contributed by atoms with Crippen molar-refractivity contribution >= 4 is 11.7 Å². The number of pyridine rings is 1. The van der Waals surface area contributed by atoms with Crippen molar-refractivity contribution in [2.45, 2.75) is 26.8 Å². The second kappa shape index (κ2) is 7.79. The van der Waals surface area contributed by atoms with E-state index in [1.807, 2.05) is 6.92 Å². The van der Waals surface area contributed by atoms with Gasteiger partial charge in [-0.3, -0.25) is 4.79 Å². The van der Waals surface area contributed by atoms with Crippen molar-refractivity contribution < 1.29 is 9.18 Å². The predicted molar refractivity (Wildman–Crippen MR) is 78.5 cm³/mol. The van der Waals surface area contributed by atoms with Crippen molar-refractivity contribution in [1.82, 2.24) is 15.2 Å². The van der Waals surface area contributed by atoms with Crippen LogP contribution in [0.5, 0.6) is 0 Å². The van der Waals surface area contributed by atoms with Crippen molar-refractivity contribution in [3.63, 3.8) is 0 Å². The summed E-state index contributed by atoms with van der Waals surface area (Å²) in [7, 11) is 1.57. The van der Waals surface area contributed by atoms with Crippen LogP contribution in [0.1, 0.15) is 31.1 Å². The number of nitrogens with one attached hydrogen (secondary N) is 2. The number of hydrogen-bond donors (Lipinski definition) is 2. The van der Waals surface area contributed by atoms with Crippen molar-refractivity contribution in [3.8, 4) is 0 Å². The van der Waals surface area contributed by atoms with Crippen molar-refractivity contribution in [2.75, 3.05) is 32.0 Å². The molecule has 0 aliphatic rings. The molecule has 2 N–H and O–H groups in total. The van der Waals surface area contributed by atoms with E-state index in [0.717, 1.165) is 19.6 Å². The molecule has 0 aliphatic heterocycles. The molecule has 20 heavy (non-hydrogen) atoms. The van der Waals surface area contributed by atoms with Crippen LogP contribution in [0.15, 0.2) is 12.3 Å². The maximum Gasteiger partial charge on any atom is 0.254 e. The molecule has 1 atom stereocenters. The van der Waals surface area contributed by atoms with E-state index in [1.54, 1.807) is 7.05 Å². The number of hydrogen-bond acceptors (Lipinski definition) is 4. The molecule has 0 aromatic carbocycles. The van der Waals surface area contributed by atoms with Gasteiger partial charge < -0.3 is 15.5 Å². The highest BCUT2D eigenvalue weighted by Crippen LogP contribution is 2.14. The lowest BCUT2D eigenvalue weighted by Crippen LogP contribution is -2.42. The van der Waals surface area contributed by atoms with Crippen molar-refractivity contribution in [2.24, 2.45) is 0 Å². The fraction of sp³-hybridized carbons (Fsp3) is 0.571. The molecule has 1 unspecified atom stereocenters. The lowest BCUT2D eigenvalue weighted by molar-refractivity contribution is 0.0926. The smallest absolute Gasteiger partial charge is 0.254 e. The molecule has 6 heteroatoms. The fourth-order valence-electron chi connectivity index (χ4n) is 2.01. The lowest BCUT2D eigenvalue weighted by atomic mass is 10.2. The molecule has 1 amide bonds. The first-order valence-electron chi connectivity index (χ1n) is 6.88. The Bertz CT molecular complexity index is 449. The molecule has 0 saturated carbocycles. The molecule has 0 fully saturated rings. The van der Waals surface area contributed by atoms with Gasteiger partial charge in [0.25, 0.3) is 5.91 Å². The summed E-state index contributed by atoms with van der Waals surface area (Å²) in [5.41, 5.74) is 0.00995. The quantitative estimate of drug-likeness (QED) is 0.799. The number of aromatic nitrogens is 1. The molecule has 0 aliphatic carbocycles. The molecular formula is C14H23FN4O. The third-order valence-electron chi connectivity index (χ3n) is 3.17. The van der Waals surface area contributed by atoms with Crippen LogP contribution in [0.2, 0.25) is 0 Å². The minimum absolute atomic E-state index is 0.00995. The molecule has 0 saturated heterocycles. The minimum atomic E-state index is -0.623. The summed E-state index contributed by atoms with van der Waals surface area (Å²) < 4.78 is 14.0. The first-order chi connectivity index (χ1) is 9.53. The first kappa shape index (κ1) is 16.4. The summed E-state index contributed by atoms with van der Waals surface area (Å²) in [5.74, 6) is -0.961. The SMILES string of the molecule is CCN(CC)CC(C)NC(=O)c1ccnc(NC)c1F. The zero-order valence-corrected chi connectivity index (χ0v) is 12.5. The third kappa shape index (κ3) is 4.16. The Labute approximate surface area is 119 Å². The van der Waals surface area contributed by atoms with E-state index >= 15 is 0 Å². The van der Waals surface area contributed by atoms with Crippen LogP contribution >= 0.6 is 0 Å². The molecule has 0 radical (unpaired) electrons. The largest absolute Gasteiger partial charge is 0.371 e. The van der Waals surface area contributed by atoms with Gasteiger partial charge in [-0.2, -0.15) is 0 Å². The number of carbonyl (C=O) groups is 1. The molecule has 0 spiro atoms. The second-order valence-electron chi connectivity index (χ2n) is 4.63. The molecule has 112 valence electrons. The van der Waals surface area contributed by atoms with Gasteiger partial charge in [0.15, 0.2) is 11.6 Å². The topological polar surface area (TPSA) is 57.3 Å². The van der Waals surface area contributed by atoms with Crippen LogP contribution in [-0.4, -0.2) is 48.5 Å². The number of amides is 1. The van der Waals surface area contributed by atoms with E-state index in [0.29, 0.717) is 0 Å².